The van der Waals surface area contributed by atoms with E-state index in [1.54, 1.807) is 41.3 Å². The molecule has 0 saturated carbocycles. The Morgan fingerprint density at radius 1 is 1.09 bits per heavy atom. The van der Waals surface area contributed by atoms with E-state index in [1.165, 1.54) is 7.11 Å². The van der Waals surface area contributed by atoms with E-state index in [0.717, 1.165) is 16.6 Å². The van der Waals surface area contributed by atoms with Crippen molar-refractivity contribution in [3.63, 3.8) is 0 Å². The van der Waals surface area contributed by atoms with Crippen molar-refractivity contribution in [3.8, 4) is 11.5 Å². The highest BCUT2D eigenvalue weighted by atomic mass is 16.6. The summed E-state index contributed by atoms with van der Waals surface area (Å²) in [7, 11) is 3.22. The predicted octanol–water partition coefficient (Wildman–Crippen LogP) is 2.56. The summed E-state index contributed by atoms with van der Waals surface area (Å²) in [4.78, 5) is 36.6. The zero-order valence-corrected chi connectivity index (χ0v) is 19.3. The molecule has 2 aromatic carbocycles. The molecule has 3 aromatic rings. The number of rotatable bonds is 10. The van der Waals surface area contributed by atoms with E-state index in [2.05, 4.69) is 5.32 Å². The van der Waals surface area contributed by atoms with Crippen LogP contribution in [0.3, 0.4) is 0 Å². The lowest BCUT2D eigenvalue weighted by Crippen LogP contribution is -2.29. The van der Waals surface area contributed by atoms with E-state index in [4.69, 9.17) is 14.2 Å². The first kappa shape index (κ1) is 23.9. The van der Waals surface area contributed by atoms with Crippen molar-refractivity contribution < 1.29 is 23.8 Å². The molecule has 0 radical (unpaired) electrons. The first-order valence-electron chi connectivity index (χ1n) is 10.8. The Morgan fingerprint density at radius 3 is 2.52 bits per heavy atom. The molecule has 0 aliphatic carbocycles. The van der Waals surface area contributed by atoms with Gasteiger partial charge in [0.2, 0.25) is 5.91 Å². The molecule has 9 nitrogen and oxygen atoms in total. The fourth-order valence-corrected chi connectivity index (χ4v) is 3.60. The first-order chi connectivity index (χ1) is 15.8. The molecule has 0 spiro atoms. The molecule has 0 saturated heterocycles. The molecular weight excluding hydrogens is 426 g/mol. The Morgan fingerprint density at radius 2 is 1.82 bits per heavy atom. The predicted molar refractivity (Wildman–Crippen MR) is 123 cm³/mol. The second-order valence-electron chi connectivity index (χ2n) is 7.53. The number of esters is 1. The van der Waals surface area contributed by atoms with E-state index in [1.807, 2.05) is 31.2 Å². The van der Waals surface area contributed by atoms with E-state index >= 15 is 0 Å². The van der Waals surface area contributed by atoms with Gasteiger partial charge in [0.05, 0.1) is 30.8 Å². The molecule has 0 aliphatic heterocycles. The van der Waals surface area contributed by atoms with Crippen molar-refractivity contribution in [2.45, 2.75) is 32.9 Å². The Labute approximate surface area is 191 Å². The van der Waals surface area contributed by atoms with E-state index in [9.17, 15) is 14.4 Å². The number of nitrogens with one attached hydrogen (secondary N) is 1. The number of aromatic nitrogens is 2. The van der Waals surface area contributed by atoms with Crippen LogP contribution in [-0.2, 0) is 27.9 Å². The molecule has 0 bridgehead atoms. The number of para-hydroxylation sites is 2. The second-order valence-corrected chi connectivity index (χ2v) is 7.53. The Bertz CT molecular complexity index is 1200. The molecular formula is C24H29N3O6. The van der Waals surface area contributed by atoms with Gasteiger partial charge in [-0.1, -0.05) is 18.2 Å². The van der Waals surface area contributed by atoms with Gasteiger partial charge < -0.3 is 19.5 Å². The summed E-state index contributed by atoms with van der Waals surface area (Å²) in [6, 6.07) is 12.4. The van der Waals surface area contributed by atoms with E-state index < -0.39 is 5.97 Å². The van der Waals surface area contributed by atoms with Gasteiger partial charge in [0.15, 0.2) is 18.1 Å². The Kier molecular flexibility index (Phi) is 7.76. The van der Waals surface area contributed by atoms with Crippen LogP contribution in [0, 0.1) is 0 Å². The van der Waals surface area contributed by atoms with Crippen molar-refractivity contribution in [1.82, 2.24) is 14.5 Å². The molecule has 1 amide bonds. The van der Waals surface area contributed by atoms with Gasteiger partial charge in [-0.2, -0.15) is 0 Å². The Hall–Kier alpha value is -3.75. The number of benzene rings is 2. The highest BCUT2D eigenvalue weighted by molar-refractivity contribution is 5.78. The highest BCUT2D eigenvalue weighted by Crippen LogP contribution is 2.30. The average Bonchev–Trinajstić information content (AvgIpc) is 3.06. The van der Waals surface area contributed by atoms with Crippen LogP contribution in [0.25, 0.3) is 11.0 Å². The van der Waals surface area contributed by atoms with Gasteiger partial charge in [0.1, 0.15) is 0 Å². The van der Waals surface area contributed by atoms with Gasteiger partial charge >= 0.3 is 11.7 Å². The van der Waals surface area contributed by atoms with E-state index in [-0.39, 0.29) is 43.8 Å². The van der Waals surface area contributed by atoms with Gasteiger partial charge in [-0.15, -0.1) is 0 Å². The van der Waals surface area contributed by atoms with Crippen LogP contribution in [0.1, 0.15) is 31.9 Å². The number of methoxy groups -OCH3 is 1. The minimum atomic E-state index is -0.463. The van der Waals surface area contributed by atoms with Crippen LogP contribution < -0.4 is 20.5 Å². The molecule has 0 aliphatic rings. The third kappa shape index (κ3) is 5.54. The number of carbonyl (C=O) groups excluding carboxylic acids is 2. The van der Waals surface area contributed by atoms with Crippen LogP contribution in [0.15, 0.2) is 47.3 Å². The minimum absolute atomic E-state index is 0.153. The number of imidazole rings is 1. The standard InChI is InChI=1S/C24H29N3O6/c1-5-32-23(29)15-33-20-11-10-17(14-21(20)31-4)16(2)25-22(28)12-13-27-19-9-7-6-8-18(19)26(3)24(27)30/h6-11,14,16H,5,12-13,15H2,1-4H3,(H,25,28)/t16-/m0/s1. The van der Waals surface area contributed by atoms with Gasteiger partial charge in [-0.3, -0.25) is 13.9 Å². The van der Waals surface area contributed by atoms with Crippen molar-refractivity contribution >= 4 is 22.9 Å². The van der Waals surface area contributed by atoms with Gasteiger partial charge in [0.25, 0.3) is 0 Å². The summed E-state index contributed by atoms with van der Waals surface area (Å²) in [6.45, 7) is 3.93. The molecule has 1 aromatic heterocycles. The van der Waals surface area contributed by atoms with Crippen LogP contribution in [0.5, 0.6) is 11.5 Å². The number of ether oxygens (including phenoxy) is 3. The maximum atomic E-state index is 12.6. The summed E-state index contributed by atoms with van der Waals surface area (Å²) < 4.78 is 18.9. The lowest BCUT2D eigenvalue weighted by molar-refractivity contribution is -0.145. The van der Waals surface area contributed by atoms with Crippen LogP contribution in [0.2, 0.25) is 0 Å². The zero-order valence-electron chi connectivity index (χ0n) is 19.3. The van der Waals surface area contributed by atoms with Crippen LogP contribution in [0.4, 0.5) is 0 Å². The van der Waals surface area contributed by atoms with Crippen molar-refractivity contribution in [3.05, 3.63) is 58.5 Å². The Balaban J connectivity index is 1.62. The number of nitrogens with zero attached hydrogens (tertiary/aromatic N) is 2. The molecule has 1 atom stereocenters. The number of carbonyl (C=O) groups is 2. The first-order valence-corrected chi connectivity index (χ1v) is 10.8. The minimum Gasteiger partial charge on any atom is -0.493 e. The highest BCUT2D eigenvalue weighted by Gasteiger charge is 2.16. The average molecular weight is 456 g/mol. The van der Waals surface area contributed by atoms with Crippen molar-refractivity contribution in [2.75, 3.05) is 20.3 Å². The second kappa shape index (κ2) is 10.7. The maximum Gasteiger partial charge on any atom is 0.344 e. The fourth-order valence-electron chi connectivity index (χ4n) is 3.60. The summed E-state index contributed by atoms with van der Waals surface area (Å²) in [5.74, 6) is 0.210. The lowest BCUT2D eigenvalue weighted by Gasteiger charge is -2.17. The molecule has 0 fully saturated rings. The summed E-state index contributed by atoms with van der Waals surface area (Å²) >= 11 is 0. The van der Waals surface area contributed by atoms with Gasteiger partial charge in [0, 0.05) is 20.0 Å². The largest absolute Gasteiger partial charge is 0.493 e. The van der Waals surface area contributed by atoms with Gasteiger partial charge in [-0.25, -0.2) is 9.59 Å². The lowest BCUT2D eigenvalue weighted by atomic mass is 10.1. The summed E-state index contributed by atoms with van der Waals surface area (Å²) in [5, 5.41) is 2.95. The third-order valence-electron chi connectivity index (χ3n) is 5.33. The quantitative estimate of drug-likeness (QED) is 0.472. The van der Waals surface area contributed by atoms with Gasteiger partial charge in [-0.05, 0) is 43.7 Å². The maximum absolute atomic E-state index is 12.6. The monoisotopic (exact) mass is 455 g/mol. The third-order valence-corrected chi connectivity index (χ3v) is 5.33. The number of fused-ring (bicyclic) bond motifs is 1. The van der Waals surface area contributed by atoms with E-state index in [0.29, 0.717) is 11.5 Å². The number of aryl methyl sites for hydroxylation is 2. The molecule has 176 valence electrons. The smallest absolute Gasteiger partial charge is 0.344 e. The number of hydrogen-bond acceptors (Lipinski definition) is 6. The molecule has 9 heteroatoms. The molecule has 3 rings (SSSR count). The zero-order chi connectivity index (χ0) is 24.0. The van der Waals surface area contributed by atoms with Crippen LogP contribution in [-0.4, -0.2) is 41.3 Å². The van der Waals surface area contributed by atoms with Crippen molar-refractivity contribution in [2.24, 2.45) is 7.05 Å². The number of hydrogen-bond donors (Lipinski definition) is 1. The fraction of sp³-hybridized carbons (Fsp3) is 0.375. The summed E-state index contributed by atoms with van der Waals surface area (Å²) in [6.07, 6.45) is 0.163. The number of amides is 1. The molecule has 33 heavy (non-hydrogen) atoms. The van der Waals surface area contributed by atoms with Crippen LogP contribution >= 0.6 is 0 Å². The molecule has 1 N–H and O–H groups in total. The SMILES string of the molecule is CCOC(=O)COc1ccc([C@H](C)NC(=O)CCn2c(=O)n(C)c3ccccc32)cc1OC. The summed E-state index contributed by atoms with van der Waals surface area (Å²) in [5.41, 5.74) is 2.29. The topological polar surface area (TPSA) is 101 Å². The molecule has 0 unspecified atom stereocenters. The van der Waals surface area contributed by atoms with Crippen molar-refractivity contribution in [1.29, 1.82) is 0 Å². The molecule has 1 heterocycles. The normalized spacial score (nSPS) is 11.8.